The van der Waals surface area contributed by atoms with Crippen LogP contribution in [0.1, 0.15) is 29.3 Å². The number of ketones is 1. The second-order valence-electron chi connectivity index (χ2n) is 4.25. The number of hydrogen-bond donors (Lipinski definition) is 1. The van der Waals surface area contributed by atoms with E-state index in [0.29, 0.717) is 5.56 Å². The van der Waals surface area contributed by atoms with Crippen LogP contribution in [-0.4, -0.2) is 20.7 Å². The fraction of sp³-hybridized carbons (Fsp3) is 0.200. The van der Waals surface area contributed by atoms with Crippen LogP contribution >= 0.6 is 0 Å². The van der Waals surface area contributed by atoms with Crippen LogP contribution < -0.4 is 0 Å². The summed E-state index contributed by atoms with van der Waals surface area (Å²) in [7, 11) is 0. The van der Waals surface area contributed by atoms with Gasteiger partial charge in [-0.3, -0.25) is 9.48 Å². The van der Waals surface area contributed by atoms with Gasteiger partial charge in [-0.2, -0.15) is 5.10 Å². The maximum absolute atomic E-state index is 11.9. The van der Waals surface area contributed by atoms with Crippen LogP contribution in [0.3, 0.4) is 0 Å². The molecule has 0 saturated carbocycles. The average molecular weight is 256 g/mol. The predicted octanol–water partition coefficient (Wildman–Crippen LogP) is 2.89. The average Bonchev–Trinajstić information content (AvgIpc) is 2.85. The maximum Gasteiger partial charge on any atom is 0.189 e. The standard InChI is InChI=1S/C15H16N2O2/c1-2-9-17-11-12(10-16-17)7-8-15(19)13-5-3-4-6-14(13)18/h3-8,10-11,18H,2,9H2,1H3. The molecule has 0 aliphatic rings. The fourth-order valence-corrected chi connectivity index (χ4v) is 1.76. The van der Waals surface area contributed by atoms with E-state index in [-0.39, 0.29) is 11.5 Å². The molecule has 0 aliphatic heterocycles. The summed E-state index contributed by atoms with van der Waals surface area (Å²) in [4.78, 5) is 11.9. The van der Waals surface area contributed by atoms with Gasteiger partial charge in [-0.1, -0.05) is 19.1 Å². The summed E-state index contributed by atoms with van der Waals surface area (Å²) in [5, 5.41) is 13.8. The minimum absolute atomic E-state index is 0.00109. The number of phenols is 1. The molecule has 1 aromatic carbocycles. The van der Waals surface area contributed by atoms with E-state index in [4.69, 9.17) is 0 Å². The third-order valence-electron chi connectivity index (χ3n) is 2.70. The molecule has 1 N–H and O–H groups in total. The number of rotatable bonds is 5. The van der Waals surface area contributed by atoms with Gasteiger partial charge in [0, 0.05) is 18.3 Å². The molecular formula is C15H16N2O2. The van der Waals surface area contributed by atoms with Crippen molar-refractivity contribution in [1.29, 1.82) is 0 Å². The Labute approximate surface area is 112 Å². The van der Waals surface area contributed by atoms with Crippen molar-refractivity contribution in [2.24, 2.45) is 0 Å². The largest absolute Gasteiger partial charge is 0.507 e. The van der Waals surface area contributed by atoms with Gasteiger partial charge in [-0.05, 0) is 30.7 Å². The van der Waals surface area contributed by atoms with Crippen molar-refractivity contribution in [3.05, 3.63) is 53.9 Å². The number of hydrogen-bond acceptors (Lipinski definition) is 3. The van der Waals surface area contributed by atoms with E-state index in [1.54, 1.807) is 30.5 Å². The molecule has 98 valence electrons. The molecule has 0 bridgehead atoms. The molecule has 0 unspecified atom stereocenters. The summed E-state index contributed by atoms with van der Waals surface area (Å²) in [5.41, 5.74) is 1.18. The number of carbonyl (C=O) groups is 1. The van der Waals surface area contributed by atoms with Crippen molar-refractivity contribution in [2.75, 3.05) is 0 Å². The summed E-state index contributed by atoms with van der Waals surface area (Å²) in [5.74, 6) is -0.222. The molecule has 2 rings (SSSR count). The number of carbonyl (C=O) groups excluding carboxylic acids is 1. The van der Waals surface area contributed by atoms with E-state index in [2.05, 4.69) is 12.0 Å². The third kappa shape index (κ3) is 3.31. The Balaban J connectivity index is 2.09. The van der Waals surface area contributed by atoms with E-state index in [1.807, 2.05) is 10.9 Å². The predicted molar refractivity (Wildman–Crippen MR) is 74.0 cm³/mol. The lowest BCUT2D eigenvalue weighted by Crippen LogP contribution is -1.95. The molecule has 0 atom stereocenters. The molecule has 0 fully saturated rings. The fourth-order valence-electron chi connectivity index (χ4n) is 1.76. The highest BCUT2D eigenvalue weighted by Crippen LogP contribution is 2.17. The monoisotopic (exact) mass is 256 g/mol. The zero-order valence-corrected chi connectivity index (χ0v) is 10.8. The summed E-state index contributed by atoms with van der Waals surface area (Å²) in [6.07, 6.45) is 7.76. The number of nitrogens with zero attached hydrogens (tertiary/aromatic N) is 2. The lowest BCUT2D eigenvalue weighted by atomic mass is 10.1. The van der Waals surface area contributed by atoms with Gasteiger partial charge in [-0.25, -0.2) is 0 Å². The van der Waals surface area contributed by atoms with E-state index in [0.717, 1.165) is 18.5 Å². The van der Waals surface area contributed by atoms with Crippen LogP contribution in [0.2, 0.25) is 0 Å². The minimum atomic E-state index is -0.221. The topological polar surface area (TPSA) is 55.1 Å². The van der Waals surface area contributed by atoms with Crippen molar-refractivity contribution in [2.45, 2.75) is 19.9 Å². The highest BCUT2D eigenvalue weighted by Gasteiger charge is 2.06. The Morgan fingerprint density at radius 1 is 1.42 bits per heavy atom. The number of aromatic hydroxyl groups is 1. The molecule has 0 spiro atoms. The summed E-state index contributed by atoms with van der Waals surface area (Å²) < 4.78 is 1.84. The van der Waals surface area contributed by atoms with E-state index in [9.17, 15) is 9.90 Å². The Kier molecular flexibility index (Phi) is 4.13. The zero-order valence-electron chi connectivity index (χ0n) is 10.8. The second kappa shape index (κ2) is 6.00. The first-order valence-electron chi connectivity index (χ1n) is 6.23. The molecule has 0 saturated heterocycles. The lowest BCUT2D eigenvalue weighted by Gasteiger charge is -1.98. The molecular weight excluding hydrogens is 240 g/mol. The van der Waals surface area contributed by atoms with Crippen molar-refractivity contribution in [1.82, 2.24) is 9.78 Å². The highest BCUT2D eigenvalue weighted by molar-refractivity contribution is 6.08. The van der Waals surface area contributed by atoms with Gasteiger partial charge < -0.3 is 5.11 Å². The first kappa shape index (κ1) is 13.1. The number of aryl methyl sites for hydroxylation is 1. The quantitative estimate of drug-likeness (QED) is 0.661. The molecule has 1 aromatic heterocycles. The van der Waals surface area contributed by atoms with Crippen LogP contribution in [-0.2, 0) is 6.54 Å². The molecule has 2 aromatic rings. The van der Waals surface area contributed by atoms with Gasteiger partial charge in [0.2, 0.25) is 0 Å². The number of para-hydroxylation sites is 1. The van der Waals surface area contributed by atoms with Crippen molar-refractivity contribution >= 4 is 11.9 Å². The van der Waals surface area contributed by atoms with Crippen LogP contribution in [0.4, 0.5) is 0 Å². The number of allylic oxidation sites excluding steroid dienone is 1. The van der Waals surface area contributed by atoms with Gasteiger partial charge in [0.1, 0.15) is 5.75 Å². The summed E-state index contributed by atoms with van der Waals surface area (Å²) in [6, 6.07) is 6.51. The smallest absolute Gasteiger partial charge is 0.189 e. The molecule has 19 heavy (non-hydrogen) atoms. The Bertz CT molecular complexity index is 600. The number of aromatic nitrogens is 2. The van der Waals surface area contributed by atoms with Gasteiger partial charge in [0.15, 0.2) is 5.78 Å². The highest BCUT2D eigenvalue weighted by atomic mass is 16.3. The molecule has 0 radical (unpaired) electrons. The molecule has 1 heterocycles. The van der Waals surface area contributed by atoms with Crippen LogP contribution in [0.15, 0.2) is 42.7 Å². The van der Waals surface area contributed by atoms with Gasteiger partial charge in [-0.15, -0.1) is 0 Å². The Morgan fingerprint density at radius 2 is 2.21 bits per heavy atom. The third-order valence-corrected chi connectivity index (χ3v) is 2.70. The summed E-state index contributed by atoms with van der Waals surface area (Å²) >= 11 is 0. The first-order chi connectivity index (χ1) is 9.20. The SMILES string of the molecule is CCCn1cc(C=CC(=O)c2ccccc2O)cn1. The lowest BCUT2D eigenvalue weighted by molar-refractivity contribution is 0.104. The van der Waals surface area contributed by atoms with Crippen molar-refractivity contribution < 1.29 is 9.90 Å². The second-order valence-corrected chi connectivity index (χ2v) is 4.25. The Morgan fingerprint density at radius 3 is 2.95 bits per heavy atom. The molecule has 0 aliphatic carbocycles. The Hall–Kier alpha value is -2.36. The maximum atomic E-state index is 11.9. The minimum Gasteiger partial charge on any atom is -0.507 e. The van der Waals surface area contributed by atoms with Gasteiger partial charge in [0.25, 0.3) is 0 Å². The van der Waals surface area contributed by atoms with E-state index < -0.39 is 0 Å². The van der Waals surface area contributed by atoms with Crippen LogP contribution in [0.25, 0.3) is 6.08 Å². The van der Waals surface area contributed by atoms with E-state index >= 15 is 0 Å². The van der Waals surface area contributed by atoms with Gasteiger partial charge >= 0.3 is 0 Å². The summed E-state index contributed by atoms with van der Waals surface area (Å²) in [6.45, 7) is 2.94. The van der Waals surface area contributed by atoms with Crippen molar-refractivity contribution in [3.8, 4) is 5.75 Å². The van der Waals surface area contributed by atoms with Gasteiger partial charge in [0.05, 0.1) is 11.8 Å². The molecule has 4 heteroatoms. The van der Waals surface area contributed by atoms with E-state index in [1.165, 1.54) is 12.1 Å². The molecule has 4 nitrogen and oxygen atoms in total. The van der Waals surface area contributed by atoms with Crippen LogP contribution in [0.5, 0.6) is 5.75 Å². The van der Waals surface area contributed by atoms with Crippen molar-refractivity contribution in [3.63, 3.8) is 0 Å². The number of phenolic OH excluding ortho intramolecular Hbond substituents is 1. The zero-order chi connectivity index (χ0) is 13.7. The first-order valence-corrected chi connectivity index (χ1v) is 6.23. The number of benzene rings is 1. The van der Waals surface area contributed by atoms with Crippen LogP contribution in [0, 0.1) is 0 Å². The normalized spacial score (nSPS) is 11.0. The molecule has 0 amide bonds.